The lowest BCUT2D eigenvalue weighted by atomic mass is 9.98. The standard InChI is InChI=1S/C80H155NO10/c1-3-5-7-9-11-13-15-17-19-21-23-25-27-29-31-32-33-34-35-36-37-38-39-40-41-42-44-46-48-50-52-54-56-58-60-62-64-66-68-73(84)79(89)81-71(70-90-80-78(88)77(87)76(86)74(69-82)91-80)75(85)72(83)67-65-63-61-59-57-55-53-51-49-47-45-43-30-28-26-24-22-20-18-16-14-12-10-8-6-4-2/h33-34,36-37,71-78,80,82-88H,3-32,35,38-70H2,1-2H3,(H,81,89)/b34-33-,37-36-. The molecule has 1 aliphatic heterocycles. The molecule has 8 N–H and O–H groups in total. The van der Waals surface area contributed by atoms with Gasteiger partial charge in [-0.1, -0.05) is 391 Å². The zero-order valence-electron chi connectivity index (χ0n) is 60.1. The number of carbonyl (C=O) groups excluding carboxylic acids is 1. The molecule has 9 atom stereocenters. The van der Waals surface area contributed by atoms with Gasteiger partial charge >= 0.3 is 0 Å². The van der Waals surface area contributed by atoms with Crippen LogP contribution in [0.15, 0.2) is 24.3 Å². The van der Waals surface area contributed by atoms with Crippen LogP contribution in [0.2, 0.25) is 0 Å². The van der Waals surface area contributed by atoms with Crippen LogP contribution in [0.4, 0.5) is 0 Å². The average molecular weight is 1290 g/mol. The fourth-order valence-electron chi connectivity index (χ4n) is 13.4. The second-order valence-electron chi connectivity index (χ2n) is 28.5. The monoisotopic (exact) mass is 1290 g/mol. The van der Waals surface area contributed by atoms with Gasteiger partial charge in [-0.15, -0.1) is 0 Å². The third kappa shape index (κ3) is 55.3. The van der Waals surface area contributed by atoms with Gasteiger partial charge in [-0.2, -0.15) is 0 Å². The summed E-state index contributed by atoms with van der Waals surface area (Å²) < 4.78 is 11.2. The maximum atomic E-state index is 13.3. The van der Waals surface area contributed by atoms with E-state index in [4.69, 9.17) is 9.47 Å². The third-order valence-corrected chi connectivity index (χ3v) is 19.8. The maximum absolute atomic E-state index is 13.3. The minimum absolute atomic E-state index is 0.263. The molecule has 540 valence electrons. The lowest BCUT2D eigenvalue weighted by Gasteiger charge is -2.40. The van der Waals surface area contributed by atoms with Gasteiger partial charge in [-0.05, 0) is 44.9 Å². The summed E-state index contributed by atoms with van der Waals surface area (Å²) in [5.41, 5.74) is 0. The highest BCUT2D eigenvalue weighted by molar-refractivity contribution is 5.80. The molecule has 1 rings (SSSR count). The van der Waals surface area contributed by atoms with Crippen LogP contribution in [0.3, 0.4) is 0 Å². The molecule has 1 amide bonds. The molecule has 0 aromatic carbocycles. The van der Waals surface area contributed by atoms with Crippen LogP contribution in [0.1, 0.15) is 412 Å². The molecule has 0 aliphatic carbocycles. The third-order valence-electron chi connectivity index (χ3n) is 19.8. The minimum Gasteiger partial charge on any atom is -0.394 e. The van der Waals surface area contributed by atoms with E-state index in [2.05, 4.69) is 43.5 Å². The van der Waals surface area contributed by atoms with Gasteiger partial charge < -0.3 is 50.5 Å². The first-order valence-corrected chi connectivity index (χ1v) is 40.2. The van der Waals surface area contributed by atoms with Gasteiger partial charge in [-0.3, -0.25) is 4.79 Å². The summed E-state index contributed by atoms with van der Waals surface area (Å²) >= 11 is 0. The Kier molecular flexibility index (Phi) is 66.0. The van der Waals surface area contributed by atoms with Gasteiger partial charge in [-0.25, -0.2) is 0 Å². The molecule has 0 aromatic heterocycles. The molecule has 1 heterocycles. The van der Waals surface area contributed by atoms with E-state index in [0.717, 1.165) is 44.9 Å². The first-order chi connectivity index (χ1) is 44.7. The van der Waals surface area contributed by atoms with E-state index in [1.54, 1.807) is 0 Å². The fraction of sp³-hybridized carbons (Fsp3) is 0.938. The summed E-state index contributed by atoms with van der Waals surface area (Å²) in [4.78, 5) is 13.3. The Morgan fingerprint density at radius 2 is 0.670 bits per heavy atom. The highest BCUT2D eigenvalue weighted by Gasteiger charge is 2.44. The number of hydrogen-bond acceptors (Lipinski definition) is 10. The van der Waals surface area contributed by atoms with Crippen molar-refractivity contribution in [1.29, 1.82) is 0 Å². The number of aliphatic hydroxyl groups excluding tert-OH is 7. The number of allylic oxidation sites excluding steroid dienone is 4. The molecule has 0 radical (unpaired) electrons. The number of unbranched alkanes of at least 4 members (excludes halogenated alkanes) is 56. The molecule has 11 heteroatoms. The van der Waals surface area contributed by atoms with E-state index in [-0.39, 0.29) is 6.42 Å². The summed E-state index contributed by atoms with van der Waals surface area (Å²) in [6, 6.07) is -1.17. The van der Waals surface area contributed by atoms with Crippen LogP contribution in [-0.4, -0.2) is 110 Å². The molecule has 0 bridgehead atoms. The van der Waals surface area contributed by atoms with E-state index in [0.29, 0.717) is 19.3 Å². The van der Waals surface area contributed by atoms with Crippen molar-refractivity contribution in [3.8, 4) is 0 Å². The van der Waals surface area contributed by atoms with Gasteiger partial charge in [0.2, 0.25) is 5.91 Å². The van der Waals surface area contributed by atoms with Crippen molar-refractivity contribution >= 4 is 5.91 Å². The molecule has 91 heavy (non-hydrogen) atoms. The summed E-state index contributed by atoms with van der Waals surface area (Å²) in [5.74, 6) is -0.689. The number of ether oxygens (including phenoxy) is 2. The van der Waals surface area contributed by atoms with Crippen LogP contribution in [0, 0.1) is 0 Å². The topological polar surface area (TPSA) is 189 Å². The molecule has 9 unspecified atom stereocenters. The van der Waals surface area contributed by atoms with Crippen molar-refractivity contribution in [2.45, 2.75) is 467 Å². The van der Waals surface area contributed by atoms with E-state index in [9.17, 15) is 40.5 Å². The van der Waals surface area contributed by atoms with E-state index in [1.165, 1.54) is 327 Å². The van der Waals surface area contributed by atoms with Crippen molar-refractivity contribution in [3.63, 3.8) is 0 Å². The second kappa shape index (κ2) is 68.5. The van der Waals surface area contributed by atoms with Gasteiger partial charge in [0, 0.05) is 0 Å². The maximum Gasteiger partial charge on any atom is 0.249 e. The molecule has 0 aromatic rings. The normalized spacial score (nSPS) is 18.5. The Hall–Kier alpha value is -1.41. The number of nitrogens with one attached hydrogen (secondary N) is 1. The van der Waals surface area contributed by atoms with Crippen LogP contribution in [-0.2, 0) is 14.3 Å². The zero-order valence-corrected chi connectivity index (χ0v) is 60.1. The molecule has 1 saturated heterocycles. The molecule has 11 nitrogen and oxygen atoms in total. The lowest BCUT2D eigenvalue weighted by Crippen LogP contribution is -2.60. The zero-order chi connectivity index (χ0) is 66.0. The highest BCUT2D eigenvalue weighted by atomic mass is 16.7. The van der Waals surface area contributed by atoms with Crippen LogP contribution < -0.4 is 5.32 Å². The number of aliphatic hydroxyl groups is 7. The van der Waals surface area contributed by atoms with Gasteiger partial charge in [0.1, 0.15) is 36.6 Å². The van der Waals surface area contributed by atoms with Gasteiger partial charge in [0.25, 0.3) is 0 Å². The predicted octanol–water partition coefficient (Wildman–Crippen LogP) is 20.7. The van der Waals surface area contributed by atoms with Crippen LogP contribution in [0.25, 0.3) is 0 Å². The molecule has 1 aliphatic rings. The second-order valence-corrected chi connectivity index (χ2v) is 28.5. The Morgan fingerprint density at radius 3 is 0.978 bits per heavy atom. The van der Waals surface area contributed by atoms with Gasteiger partial charge in [0.05, 0.1) is 25.4 Å². The molecule has 0 spiro atoms. The molecule has 0 saturated carbocycles. The Morgan fingerprint density at radius 1 is 0.385 bits per heavy atom. The quantitative estimate of drug-likeness (QED) is 0.0215. The van der Waals surface area contributed by atoms with Gasteiger partial charge in [0.15, 0.2) is 6.29 Å². The number of carbonyl (C=O) groups is 1. The average Bonchev–Trinajstić information content (AvgIpc) is 1.21. The Balaban J connectivity index is 2.12. The molecule has 1 fully saturated rings. The summed E-state index contributed by atoms with van der Waals surface area (Å²) in [6.45, 7) is 3.53. The first kappa shape index (κ1) is 87.6. The number of rotatable bonds is 72. The largest absolute Gasteiger partial charge is 0.394 e. The van der Waals surface area contributed by atoms with E-state index < -0.39 is 74.2 Å². The van der Waals surface area contributed by atoms with Crippen molar-refractivity contribution < 1.29 is 50.0 Å². The number of hydrogen-bond donors (Lipinski definition) is 8. The highest BCUT2D eigenvalue weighted by Crippen LogP contribution is 2.25. The van der Waals surface area contributed by atoms with Crippen LogP contribution in [0.5, 0.6) is 0 Å². The predicted molar refractivity (Wildman–Crippen MR) is 386 cm³/mol. The summed E-state index contributed by atoms with van der Waals surface area (Å²) in [7, 11) is 0. The SMILES string of the molecule is CCCCCCCCCCCCCCCCC/C=C\C/C=C\CCCCCCCCCCCCCCCCCCC(O)C(=O)NC(COC1OC(CO)C(O)C(O)C1O)C(O)C(O)CCCCCCCCCCCCCCCCCCCCCCCCCCCC. The van der Waals surface area contributed by atoms with Crippen molar-refractivity contribution in [2.75, 3.05) is 13.2 Å². The molecular formula is C80H155NO10. The van der Waals surface area contributed by atoms with Crippen molar-refractivity contribution in [1.82, 2.24) is 5.32 Å². The summed E-state index contributed by atoms with van der Waals surface area (Å²) in [5, 5.41) is 76.7. The summed E-state index contributed by atoms with van der Waals surface area (Å²) in [6.07, 6.45) is 77.2. The fourth-order valence-corrected chi connectivity index (χ4v) is 13.4. The number of amides is 1. The Labute approximate surface area is 563 Å². The minimum atomic E-state index is -1.66. The lowest BCUT2D eigenvalue weighted by molar-refractivity contribution is -0.303. The van der Waals surface area contributed by atoms with Crippen molar-refractivity contribution in [3.05, 3.63) is 24.3 Å². The van der Waals surface area contributed by atoms with Crippen molar-refractivity contribution in [2.24, 2.45) is 0 Å². The first-order valence-electron chi connectivity index (χ1n) is 40.2. The van der Waals surface area contributed by atoms with E-state index >= 15 is 0 Å². The Bertz CT molecular complexity index is 1530. The van der Waals surface area contributed by atoms with E-state index in [1.807, 2.05) is 0 Å². The molecular weight excluding hydrogens is 1130 g/mol. The van der Waals surface area contributed by atoms with Crippen LogP contribution >= 0.6 is 0 Å². The smallest absolute Gasteiger partial charge is 0.249 e.